The number of carbonyl (C=O) groups excluding carboxylic acids is 1. The van der Waals surface area contributed by atoms with Crippen molar-refractivity contribution in [3.05, 3.63) is 17.7 Å². The summed E-state index contributed by atoms with van der Waals surface area (Å²) in [6.07, 6.45) is 0.985. The van der Waals surface area contributed by atoms with Gasteiger partial charge in [-0.05, 0) is 18.6 Å². The van der Waals surface area contributed by atoms with Gasteiger partial charge in [0.25, 0.3) is 5.91 Å². The lowest BCUT2D eigenvalue weighted by atomic mass is 10.1. The van der Waals surface area contributed by atoms with Crippen molar-refractivity contribution in [2.75, 3.05) is 41.0 Å². The zero-order valence-electron chi connectivity index (χ0n) is 13.5. The molecule has 1 aromatic carbocycles. The number of nitrogens with zero attached hydrogens (tertiary/aromatic N) is 1. The summed E-state index contributed by atoms with van der Waals surface area (Å²) in [7, 11) is 4.61. The Hall–Kier alpha value is -1.95. The first kappa shape index (κ1) is 16.4. The van der Waals surface area contributed by atoms with Crippen molar-refractivity contribution < 1.29 is 23.7 Å². The summed E-state index contributed by atoms with van der Waals surface area (Å²) in [5, 5.41) is 0. The van der Waals surface area contributed by atoms with Crippen LogP contribution in [0, 0.1) is 0 Å². The summed E-state index contributed by atoms with van der Waals surface area (Å²) < 4.78 is 21.5. The minimum absolute atomic E-state index is 0.0546. The van der Waals surface area contributed by atoms with Crippen LogP contribution in [0.3, 0.4) is 0 Å². The van der Waals surface area contributed by atoms with Gasteiger partial charge in [-0.3, -0.25) is 4.79 Å². The van der Waals surface area contributed by atoms with Crippen LogP contribution in [-0.2, 0) is 4.74 Å². The SMILES string of the molecule is CCC1CN(C(=O)c2cc(OC)c(OC)c(OC)c2)CCO1. The fourth-order valence-corrected chi connectivity index (χ4v) is 2.54. The molecule has 1 heterocycles. The zero-order chi connectivity index (χ0) is 16.1. The standard InChI is InChI=1S/C16H23NO5/c1-5-12-10-17(6-7-22-12)16(18)11-8-13(19-2)15(21-4)14(9-11)20-3/h8-9,12H,5-7,10H2,1-4H3. The average molecular weight is 309 g/mol. The van der Waals surface area contributed by atoms with Crippen molar-refractivity contribution in [3.8, 4) is 17.2 Å². The number of methoxy groups -OCH3 is 3. The van der Waals surface area contributed by atoms with Gasteiger partial charge in [-0.2, -0.15) is 0 Å². The van der Waals surface area contributed by atoms with Gasteiger partial charge in [0.05, 0.1) is 34.0 Å². The first-order chi connectivity index (χ1) is 10.6. The number of hydrogen-bond acceptors (Lipinski definition) is 5. The summed E-state index contributed by atoms with van der Waals surface area (Å²) in [5.74, 6) is 1.38. The number of hydrogen-bond donors (Lipinski definition) is 0. The molecule has 122 valence electrons. The molecule has 2 rings (SSSR count). The predicted octanol–water partition coefficient (Wildman–Crippen LogP) is 1.96. The van der Waals surface area contributed by atoms with Gasteiger partial charge in [-0.1, -0.05) is 6.92 Å². The van der Waals surface area contributed by atoms with Crippen molar-refractivity contribution >= 4 is 5.91 Å². The predicted molar refractivity (Wildman–Crippen MR) is 82.0 cm³/mol. The number of benzene rings is 1. The lowest BCUT2D eigenvalue weighted by molar-refractivity contribution is -0.0226. The quantitative estimate of drug-likeness (QED) is 0.832. The van der Waals surface area contributed by atoms with Crippen molar-refractivity contribution in [2.24, 2.45) is 0 Å². The zero-order valence-corrected chi connectivity index (χ0v) is 13.5. The van der Waals surface area contributed by atoms with Gasteiger partial charge in [0, 0.05) is 18.7 Å². The number of carbonyl (C=O) groups is 1. The van der Waals surface area contributed by atoms with E-state index in [1.807, 2.05) is 0 Å². The summed E-state index contributed by atoms with van der Waals surface area (Å²) >= 11 is 0. The van der Waals surface area contributed by atoms with Crippen LogP contribution >= 0.6 is 0 Å². The molecule has 6 nitrogen and oxygen atoms in total. The van der Waals surface area contributed by atoms with Crippen LogP contribution in [0.25, 0.3) is 0 Å². The van der Waals surface area contributed by atoms with Gasteiger partial charge in [0.2, 0.25) is 5.75 Å². The molecule has 1 aliphatic heterocycles. The van der Waals surface area contributed by atoms with Gasteiger partial charge in [-0.25, -0.2) is 0 Å². The van der Waals surface area contributed by atoms with E-state index in [1.54, 1.807) is 17.0 Å². The van der Waals surface area contributed by atoms with Gasteiger partial charge >= 0.3 is 0 Å². The van der Waals surface area contributed by atoms with E-state index in [0.717, 1.165) is 6.42 Å². The fraction of sp³-hybridized carbons (Fsp3) is 0.562. The molecule has 0 aliphatic carbocycles. The highest BCUT2D eigenvalue weighted by Gasteiger charge is 2.26. The maximum absolute atomic E-state index is 12.7. The molecule has 1 saturated heterocycles. The van der Waals surface area contributed by atoms with Gasteiger partial charge in [0.15, 0.2) is 11.5 Å². The van der Waals surface area contributed by atoms with E-state index < -0.39 is 0 Å². The number of morpholine rings is 1. The number of ether oxygens (including phenoxy) is 4. The smallest absolute Gasteiger partial charge is 0.254 e. The molecule has 1 unspecified atom stereocenters. The van der Waals surface area contributed by atoms with Crippen molar-refractivity contribution in [2.45, 2.75) is 19.4 Å². The van der Waals surface area contributed by atoms with Crippen LogP contribution in [0.15, 0.2) is 12.1 Å². The molecule has 1 aromatic rings. The topological polar surface area (TPSA) is 57.2 Å². The van der Waals surface area contributed by atoms with E-state index in [9.17, 15) is 4.79 Å². The highest BCUT2D eigenvalue weighted by atomic mass is 16.5. The van der Waals surface area contributed by atoms with Crippen LogP contribution in [-0.4, -0.2) is 57.9 Å². The molecule has 1 fully saturated rings. The second-order valence-corrected chi connectivity index (χ2v) is 5.07. The largest absolute Gasteiger partial charge is 0.493 e. The molecule has 1 atom stereocenters. The third-order valence-corrected chi connectivity index (χ3v) is 3.79. The average Bonchev–Trinajstić information content (AvgIpc) is 2.59. The van der Waals surface area contributed by atoms with Gasteiger partial charge in [0.1, 0.15) is 0 Å². The van der Waals surface area contributed by atoms with Crippen LogP contribution in [0.4, 0.5) is 0 Å². The van der Waals surface area contributed by atoms with Crippen LogP contribution in [0.2, 0.25) is 0 Å². The summed E-state index contributed by atoms with van der Waals surface area (Å²) in [6.45, 7) is 3.81. The Bertz CT molecular complexity index is 506. The third-order valence-electron chi connectivity index (χ3n) is 3.79. The monoisotopic (exact) mass is 309 g/mol. The highest BCUT2D eigenvalue weighted by Crippen LogP contribution is 2.38. The molecule has 1 amide bonds. The Morgan fingerprint density at radius 2 is 1.86 bits per heavy atom. The molecule has 0 bridgehead atoms. The third kappa shape index (κ3) is 3.27. The van der Waals surface area contributed by atoms with E-state index in [2.05, 4.69) is 6.92 Å². The lowest BCUT2D eigenvalue weighted by Gasteiger charge is -2.32. The Labute approximate surface area is 130 Å². The molecular weight excluding hydrogens is 286 g/mol. The van der Waals surface area contributed by atoms with E-state index >= 15 is 0 Å². The molecule has 0 spiro atoms. The Morgan fingerprint density at radius 1 is 1.23 bits per heavy atom. The van der Waals surface area contributed by atoms with Crippen molar-refractivity contribution in [3.63, 3.8) is 0 Å². The minimum Gasteiger partial charge on any atom is -0.493 e. The van der Waals surface area contributed by atoms with E-state index in [0.29, 0.717) is 42.5 Å². The second kappa shape index (κ2) is 7.35. The molecule has 0 N–H and O–H groups in total. The molecule has 0 aromatic heterocycles. The first-order valence-corrected chi connectivity index (χ1v) is 7.35. The summed E-state index contributed by atoms with van der Waals surface area (Å²) in [6, 6.07) is 3.36. The fourth-order valence-electron chi connectivity index (χ4n) is 2.54. The van der Waals surface area contributed by atoms with Crippen molar-refractivity contribution in [1.29, 1.82) is 0 Å². The van der Waals surface area contributed by atoms with Crippen molar-refractivity contribution in [1.82, 2.24) is 4.90 Å². The number of rotatable bonds is 5. The molecule has 22 heavy (non-hydrogen) atoms. The lowest BCUT2D eigenvalue weighted by Crippen LogP contribution is -2.45. The maximum atomic E-state index is 12.7. The molecule has 0 radical (unpaired) electrons. The van der Waals surface area contributed by atoms with Crippen LogP contribution in [0.5, 0.6) is 17.2 Å². The first-order valence-electron chi connectivity index (χ1n) is 7.35. The molecular formula is C16H23NO5. The van der Waals surface area contributed by atoms with Crippen LogP contribution in [0.1, 0.15) is 23.7 Å². The highest BCUT2D eigenvalue weighted by molar-refractivity contribution is 5.95. The Kier molecular flexibility index (Phi) is 5.49. The minimum atomic E-state index is -0.0546. The maximum Gasteiger partial charge on any atom is 0.254 e. The Balaban J connectivity index is 2.29. The molecule has 6 heteroatoms. The second-order valence-electron chi connectivity index (χ2n) is 5.07. The molecule has 1 aliphatic rings. The summed E-state index contributed by atoms with van der Waals surface area (Å²) in [5.41, 5.74) is 0.520. The molecule has 0 saturated carbocycles. The van der Waals surface area contributed by atoms with E-state index in [-0.39, 0.29) is 12.0 Å². The van der Waals surface area contributed by atoms with Crippen LogP contribution < -0.4 is 14.2 Å². The summed E-state index contributed by atoms with van der Waals surface area (Å²) in [4.78, 5) is 14.5. The van der Waals surface area contributed by atoms with Gasteiger partial charge < -0.3 is 23.8 Å². The number of amides is 1. The van der Waals surface area contributed by atoms with E-state index in [4.69, 9.17) is 18.9 Å². The Morgan fingerprint density at radius 3 is 2.36 bits per heavy atom. The van der Waals surface area contributed by atoms with E-state index in [1.165, 1.54) is 21.3 Å². The normalized spacial score (nSPS) is 18.0. The van der Waals surface area contributed by atoms with Gasteiger partial charge in [-0.15, -0.1) is 0 Å².